The largest absolute Gasteiger partial charge is 0.494 e. The Kier molecular flexibility index (Phi) is 8.27. The molecule has 1 fully saturated rings. The molecule has 1 atom stereocenters. The predicted molar refractivity (Wildman–Crippen MR) is 97.0 cm³/mol. The fourth-order valence-electron chi connectivity index (χ4n) is 2.86. The van der Waals surface area contributed by atoms with Gasteiger partial charge in [-0.15, -0.1) is 12.4 Å². The van der Waals surface area contributed by atoms with Gasteiger partial charge >= 0.3 is 5.97 Å². The third-order valence-corrected chi connectivity index (χ3v) is 4.00. The van der Waals surface area contributed by atoms with Crippen LogP contribution < -0.4 is 10.1 Å². The van der Waals surface area contributed by atoms with E-state index in [0.29, 0.717) is 25.3 Å². The van der Waals surface area contributed by atoms with E-state index in [0.717, 1.165) is 12.8 Å². The number of nitro groups is 1. The van der Waals surface area contributed by atoms with Crippen molar-refractivity contribution in [3.05, 3.63) is 28.3 Å². The maximum absolute atomic E-state index is 12.2. The molecule has 26 heavy (non-hydrogen) atoms. The summed E-state index contributed by atoms with van der Waals surface area (Å²) in [5, 5.41) is 22.9. The summed E-state index contributed by atoms with van der Waals surface area (Å²) < 4.78 is 5.23. The third kappa shape index (κ3) is 5.57. The molecule has 1 heterocycles. The summed E-state index contributed by atoms with van der Waals surface area (Å²) in [6.07, 6.45) is 2.12. The van der Waals surface area contributed by atoms with E-state index in [1.54, 1.807) is 11.8 Å². The summed E-state index contributed by atoms with van der Waals surface area (Å²) >= 11 is 0. The summed E-state index contributed by atoms with van der Waals surface area (Å²) in [6.45, 7) is 2.52. The zero-order valence-electron chi connectivity index (χ0n) is 14.3. The van der Waals surface area contributed by atoms with Gasteiger partial charge in [0.2, 0.25) is 5.91 Å². The molecule has 0 aromatic heterocycles. The maximum atomic E-state index is 12.2. The molecule has 2 N–H and O–H groups in total. The van der Waals surface area contributed by atoms with E-state index in [-0.39, 0.29) is 30.3 Å². The van der Waals surface area contributed by atoms with Gasteiger partial charge in [-0.05, 0) is 38.4 Å². The number of amides is 1. The van der Waals surface area contributed by atoms with Crippen LogP contribution in [-0.2, 0) is 9.59 Å². The number of halogens is 1. The van der Waals surface area contributed by atoms with Crippen LogP contribution in [0.5, 0.6) is 5.75 Å². The lowest BCUT2D eigenvalue weighted by Crippen LogP contribution is -2.47. The minimum Gasteiger partial charge on any atom is -0.494 e. The lowest BCUT2D eigenvalue weighted by atomic mass is 10.0. The second-order valence-electron chi connectivity index (χ2n) is 5.74. The number of hydrogen-bond acceptors (Lipinski definition) is 6. The zero-order chi connectivity index (χ0) is 18.4. The second-order valence-corrected chi connectivity index (χ2v) is 5.74. The lowest BCUT2D eigenvalue weighted by Gasteiger charge is -2.32. The Labute approximate surface area is 156 Å². The molecule has 2 rings (SSSR count). The van der Waals surface area contributed by atoms with Crippen LogP contribution in [0.4, 0.5) is 11.4 Å². The summed E-state index contributed by atoms with van der Waals surface area (Å²) in [6, 6.07) is 3.49. The Morgan fingerprint density at radius 3 is 2.77 bits per heavy atom. The van der Waals surface area contributed by atoms with E-state index in [2.05, 4.69) is 5.32 Å². The Morgan fingerprint density at radius 2 is 2.15 bits per heavy atom. The number of benzene rings is 1. The SMILES string of the molecule is CCOc1ccc(NC(=O)CN2CCCCC2C(=O)O)c([N+](=O)[O-])c1.Cl. The van der Waals surface area contributed by atoms with Crippen molar-refractivity contribution >= 4 is 35.7 Å². The molecule has 0 bridgehead atoms. The van der Waals surface area contributed by atoms with E-state index >= 15 is 0 Å². The molecule has 1 aromatic rings. The highest BCUT2D eigenvalue weighted by Crippen LogP contribution is 2.29. The van der Waals surface area contributed by atoms with Crippen molar-refractivity contribution < 1.29 is 24.4 Å². The van der Waals surface area contributed by atoms with Crippen LogP contribution in [0.3, 0.4) is 0 Å². The second kappa shape index (κ2) is 9.93. The average Bonchev–Trinajstić information content (AvgIpc) is 2.56. The molecule has 0 spiro atoms. The number of nitro benzene ring substituents is 1. The van der Waals surface area contributed by atoms with E-state index in [1.165, 1.54) is 18.2 Å². The van der Waals surface area contributed by atoms with Crippen molar-refractivity contribution in [1.82, 2.24) is 4.90 Å². The molecule has 1 unspecified atom stereocenters. The lowest BCUT2D eigenvalue weighted by molar-refractivity contribution is -0.384. The molecular weight excluding hydrogens is 366 g/mol. The van der Waals surface area contributed by atoms with Gasteiger partial charge in [0.1, 0.15) is 17.5 Å². The van der Waals surface area contributed by atoms with E-state index in [4.69, 9.17) is 4.74 Å². The molecular formula is C16H22ClN3O6. The highest BCUT2D eigenvalue weighted by molar-refractivity contribution is 5.95. The van der Waals surface area contributed by atoms with Crippen molar-refractivity contribution in [2.45, 2.75) is 32.2 Å². The molecule has 1 aromatic carbocycles. The Hall–Kier alpha value is -2.39. The van der Waals surface area contributed by atoms with Crippen molar-refractivity contribution in [3.63, 3.8) is 0 Å². The summed E-state index contributed by atoms with van der Waals surface area (Å²) in [7, 11) is 0. The predicted octanol–water partition coefficient (Wildman–Crippen LogP) is 2.29. The number of likely N-dealkylation sites (tertiary alicyclic amines) is 1. The monoisotopic (exact) mass is 387 g/mol. The van der Waals surface area contributed by atoms with Crippen LogP contribution in [0.25, 0.3) is 0 Å². The number of hydrogen-bond donors (Lipinski definition) is 2. The van der Waals surface area contributed by atoms with Gasteiger partial charge < -0.3 is 15.2 Å². The van der Waals surface area contributed by atoms with Gasteiger partial charge in [-0.25, -0.2) is 0 Å². The minimum atomic E-state index is -0.959. The van der Waals surface area contributed by atoms with Crippen molar-refractivity contribution in [3.8, 4) is 5.75 Å². The van der Waals surface area contributed by atoms with Crippen molar-refractivity contribution in [2.75, 3.05) is 25.0 Å². The number of carbonyl (C=O) groups excluding carboxylic acids is 1. The van der Waals surface area contributed by atoms with Gasteiger partial charge in [0.15, 0.2) is 0 Å². The van der Waals surface area contributed by atoms with E-state index in [1.807, 2.05) is 0 Å². The van der Waals surface area contributed by atoms with Crippen molar-refractivity contribution in [2.24, 2.45) is 0 Å². The van der Waals surface area contributed by atoms with Crippen LogP contribution in [0.15, 0.2) is 18.2 Å². The smallest absolute Gasteiger partial charge is 0.320 e. The first kappa shape index (κ1) is 21.7. The number of rotatable bonds is 7. The number of carboxylic acid groups (broad SMARTS) is 1. The van der Waals surface area contributed by atoms with Gasteiger partial charge in [-0.1, -0.05) is 6.42 Å². The highest BCUT2D eigenvalue weighted by atomic mass is 35.5. The van der Waals surface area contributed by atoms with Gasteiger partial charge in [-0.3, -0.25) is 24.6 Å². The van der Waals surface area contributed by atoms with E-state index in [9.17, 15) is 24.8 Å². The number of piperidine rings is 1. The van der Waals surface area contributed by atoms with Crippen LogP contribution in [0.1, 0.15) is 26.2 Å². The Morgan fingerprint density at radius 1 is 1.42 bits per heavy atom. The number of carbonyl (C=O) groups is 2. The summed E-state index contributed by atoms with van der Waals surface area (Å²) in [5.41, 5.74) is -0.213. The number of carboxylic acids is 1. The zero-order valence-corrected chi connectivity index (χ0v) is 15.2. The van der Waals surface area contributed by atoms with Gasteiger partial charge in [0, 0.05) is 0 Å². The molecule has 1 aliphatic heterocycles. The molecule has 10 heteroatoms. The fourth-order valence-corrected chi connectivity index (χ4v) is 2.86. The summed E-state index contributed by atoms with van der Waals surface area (Å²) in [5.74, 6) is -1.10. The number of aliphatic carboxylic acids is 1. The molecule has 1 amide bonds. The topological polar surface area (TPSA) is 122 Å². The Balaban J connectivity index is 0.00000338. The molecule has 0 radical (unpaired) electrons. The number of nitrogens with zero attached hydrogens (tertiary/aromatic N) is 2. The third-order valence-electron chi connectivity index (χ3n) is 4.00. The standard InChI is InChI=1S/C16H21N3O6.ClH/c1-2-25-11-6-7-12(14(9-11)19(23)24)17-15(20)10-18-8-4-3-5-13(18)16(21)22;/h6-7,9,13H,2-5,8,10H2,1H3,(H,17,20)(H,21,22);1H. The Bertz CT molecular complexity index is 669. The first-order chi connectivity index (χ1) is 11.9. The number of nitrogens with one attached hydrogen (secondary N) is 1. The van der Waals surface area contributed by atoms with Crippen LogP contribution in [0, 0.1) is 10.1 Å². The van der Waals surface area contributed by atoms with Crippen LogP contribution >= 0.6 is 12.4 Å². The highest BCUT2D eigenvalue weighted by Gasteiger charge is 2.30. The minimum absolute atomic E-state index is 0. The quantitative estimate of drug-likeness (QED) is 0.543. The van der Waals surface area contributed by atoms with E-state index < -0.39 is 22.8 Å². The van der Waals surface area contributed by atoms with Crippen LogP contribution in [-0.4, -0.2) is 52.5 Å². The average molecular weight is 388 g/mol. The summed E-state index contributed by atoms with van der Waals surface area (Å²) in [4.78, 5) is 35.7. The van der Waals surface area contributed by atoms with Gasteiger partial charge in [-0.2, -0.15) is 0 Å². The fraction of sp³-hybridized carbons (Fsp3) is 0.500. The van der Waals surface area contributed by atoms with Crippen molar-refractivity contribution in [1.29, 1.82) is 0 Å². The normalized spacial score (nSPS) is 17.0. The molecule has 1 aliphatic rings. The van der Waals surface area contributed by atoms with Crippen LogP contribution in [0.2, 0.25) is 0 Å². The van der Waals surface area contributed by atoms with Gasteiger partial charge in [0.25, 0.3) is 5.69 Å². The number of ether oxygens (including phenoxy) is 1. The maximum Gasteiger partial charge on any atom is 0.320 e. The first-order valence-corrected chi connectivity index (χ1v) is 8.10. The molecule has 9 nitrogen and oxygen atoms in total. The molecule has 0 saturated carbocycles. The molecule has 1 saturated heterocycles. The first-order valence-electron chi connectivity index (χ1n) is 8.10. The molecule has 0 aliphatic carbocycles. The van der Waals surface area contributed by atoms with Gasteiger partial charge in [0.05, 0.1) is 24.1 Å². The molecule has 144 valence electrons. The number of anilines is 1.